The van der Waals surface area contributed by atoms with E-state index < -0.39 is 0 Å². The van der Waals surface area contributed by atoms with Crippen molar-refractivity contribution in [1.82, 2.24) is 15.1 Å². The van der Waals surface area contributed by atoms with Crippen LogP contribution < -0.4 is 5.32 Å². The van der Waals surface area contributed by atoms with Crippen LogP contribution in [0.4, 0.5) is 0 Å². The molecule has 0 saturated heterocycles. The maximum absolute atomic E-state index is 4.56. The van der Waals surface area contributed by atoms with E-state index in [1.807, 2.05) is 0 Å². The van der Waals surface area contributed by atoms with Gasteiger partial charge in [0.2, 0.25) is 0 Å². The summed E-state index contributed by atoms with van der Waals surface area (Å²) in [5.74, 6) is 0. The van der Waals surface area contributed by atoms with Gasteiger partial charge in [-0.25, -0.2) is 0 Å². The van der Waals surface area contributed by atoms with E-state index in [-0.39, 0.29) is 0 Å². The van der Waals surface area contributed by atoms with Crippen molar-refractivity contribution in [3.05, 3.63) is 17.0 Å². The van der Waals surface area contributed by atoms with Crippen molar-refractivity contribution < 1.29 is 0 Å². The van der Waals surface area contributed by atoms with Crippen molar-refractivity contribution in [2.24, 2.45) is 0 Å². The van der Waals surface area contributed by atoms with Gasteiger partial charge in [-0.3, -0.25) is 4.68 Å². The summed E-state index contributed by atoms with van der Waals surface area (Å²) in [5, 5.41) is 7.92. The zero-order valence-corrected chi connectivity index (χ0v) is 11.8. The van der Waals surface area contributed by atoms with E-state index in [9.17, 15) is 0 Å². The van der Waals surface area contributed by atoms with Gasteiger partial charge in [0.25, 0.3) is 0 Å². The number of nitrogens with zero attached hydrogens (tertiary/aromatic N) is 2. The Kier molecular flexibility index (Phi) is 6.27. The molecule has 0 aliphatic rings. The van der Waals surface area contributed by atoms with Gasteiger partial charge >= 0.3 is 0 Å². The Hall–Kier alpha value is -0.830. The first-order valence-electron chi connectivity index (χ1n) is 6.88. The zero-order chi connectivity index (χ0) is 12.7. The fourth-order valence-corrected chi connectivity index (χ4v) is 2.05. The molecule has 17 heavy (non-hydrogen) atoms. The SMILES string of the molecule is CCNCCCCCCn1nc(C)c(C)c1C. The van der Waals surface area contributed by atoms with E-state index >= 15 is 0 Å². The van der Waals surface area contributed by atoms with Crippen molar-refractivity contribution in [3.63, 3.8) is 0 Å². The van der Waals surface area contributed by atoms with Crippen LogP contribution in [0.25, 0.3) is 0 Å². The molecule has 0 radical (unpaired) electrons. The first-order valence-corrected chi connectivity index (χ1v) is 6.88. The Labute approximate surface area is 106 Å². The highest BCUT2D eigenvalue weighted by molar-refractivity contribution is 5.21. The maximum Gasteiger partial charge on any atom is 0.0625 e. The van der Waals surface area contributed by atoms with Crippen LogP contribution in [0.1, 0.15) is 49.6 Å². The summed E-state index contributed by atoms with van der Waals surface area (Å²) >= 11 is 0. The predicted molar refractivity (Wildman–Crippen MR) is 73.4 cm³/mol. The van der Waals surface area contributed by atoms with Crippen molar-refractivity contribution in [1.29, 1.82) is 0 Å². The smallest absolute Gasteiger partial charge is 0.0625 e. The first-order chi connectivity index (χ1) is 8.16. The molecule has 0 amide bonds. The highest BCUT2D eigenvalue weighted by atomic mass is 15.3. The molecule has 1 rings (SSSR count). The molecule has 0 aromatic carbocycles. The third kappa shape index (κ3) is 4.50. The highest BCUT2D eigenvalue weighted by Crippen LogP contribution is 2.12. The first kappa shape index (κ1) is 14.2. The Morgan fingerprint density at radius 1 is 1.06 bits per heavy atom. The minimum Gasteiger partial charge on any atom is -0.317 e. The molecule has 98 valence electrons. The number of hydrogen-bond donors (Lipinski definition) is 1. The molecule has 3 heteroatoms. The molecule has 0 bridgehead atoms. The third-order valence-corrected chi connectivity index (χ3v) is 3.47. The Morgan fingerprint density at radius 2 is 1.76 bits per heavy atom. The lowest BCUT2D eigenvalue weighted by molar-refractivity contribution is 0.517. The number of unbranched alkanes of at least 4 members (excludes halogenated alkanes) is 3. The van der Waals surface area contributed by atoms with Crippen LogP contribution in [-0.2, 0) is 6.54 Å². The third-order valence-electron chi connectivity index (χ3n) is 3.47. The summed E-state index contributed by atoms with van der Waals surface area (Å²) < 4.78 is 2.16. The van der Waals surface area contributed by atoms with E-state index in [1.54, 1.807) is 0 Å². The van der Waals surface area contributed by atoms with Crippen LogP contribution >= 0.6 is 0 Å². The lowest BCUT2D eigenvalue weighted by Crippen LogP contribution is -2.13. The van der Waals surface area contributed by atoms with Gasteiger partial charge in [-0.15, -0.1) is 0 Å². The molecule has 1 aromatic rings. The highest BCUT2D eigenvalue weighted by Gasteiger charge is 2.05. The molecule has 3 nitrogen and oxygen atoms in total. The molecule has 0 aliphatic heterocycles. The topological polar surface area (TPSA) is 29.9 Å². The van der Waals surface area contributed by atoms with E-state index in [0.29, 0.717) is 0 Å². The van der Waals surface area contributed by atoms with Crippen LogP contribution in [0.15, 0.2) is 0 Å². The molecule has 0 aliphatic carbocycles. The quantitative estimate of drug-likeness (QED) is 0.704. The molecule has 0 spiro atoms. The van der Waals surface area contributed by atoms with E-state index in [1.165, 1.54) is 42.6 Å². The van der Waals surface area contributed by atoms with Gasteiger partial charge in [0.05, 0.1) is 5.69 Å². The largest absolute Gasteiger partial charge is 0.317 e. The van der Waals surface area contributed by atoms with Gasteiger partial charge in [-0.1, -0.05) is 19.8 Å². The monoisotopic (exact) mass is 237 g/mol. The molecule has 1 heterocycles. The number of nitrogens with one attached hydrogen (secondary N) is 1. The fraction of sp³-hybridized carbons (Fsp3) is 0.786. The molecular weight excluding hydrogens is 210 g/mol. The minimum absolute atomic E-state index is 1.07. The van der Waals surface area contributed by atoms with E-state index in [0.717, 1.165) is 19.6 Å². The van der Waals surface area contributed by atoms with Gasteiger partial charge in [0.1, 0.15) is 0 Å². The number of rotatable bonds is 8. The molecular formula is C14H27N3. The Balaban J connectivity index is 2.16. The summed E-state index contributed by atoms with van der Waals surface area (Å²) in [7, 11) is 0. The second-order valence-corrected chi connectivity index (χ2v) is 4.79. The number of aromatic nitrogens is 2. The summed E-state index contributed by atoms with van der Waals surface area (Å²) in [4.78, 5) is 0. The van der Waals surface area contributed by atoms with Crippen LogP contribution in [-0.4, -0.2) is 22.9 Å². The van der Waals surface area contributed by atoms with E-state index in [2.05, 4.69) is 42.8 Å². The molecule has 0 unspecified atom stereocenters. The maximum atomic E-state index is 4.56. The average Bonchev–Trinajstić information content (AvgIpc) is 2.56. The van der Waals surface area contributed by atoms with Crippen LogP contribution in [0.3, 0.4) is 0 Å². The minimum atomic E-state index is 1.07. The van der Waals surface area contributed by atoms with Gasteiger partial charge in [-0.2, -0.15) is 5.10 Å². The van der Waals surface area contributed by atoms with Crippen molar-refractivity contribution in [2.45, 2.75) is 59.9 Å². The molecule has 1 aromatic heterocycles. The summed E-state index contributed by atoms with van der Waals surface area (Å²) in [6.45, 7) is 11.9. The predicted octanol–water partition coefficient (Wildman–Crippen LogP) is 2.98. The fourth-order valence-electron chi connectivity index (χ4n) is 2.05. The lowest BCUT2D eigenvalue weighted by Gasteiger charge is -2.05. The van der Waals surface area contributed by atoms with Crippen LogP contribution in [0.5, 0.6) is 0 Å². The van der Waals surface area contributed by atoms with Crippen molar-refractivity contribution >= 4 is 0 Å². The number of hydrogen-bond acceptors (Lipinski definition) is 2. The summed E-state index contributed by atoms with van der Waals surface area (Å²) in [6, 6.07) is 0. The van der Waals surface area contributed by atoms with Crippen LogP contribution in [0.2, 0.25) is 0 Å². The Bertz CT molecular complexity index is 328. The normalized spacial score (nSPS) is 11.1. The standard InChI is InChI=1S/C14H27N3/c1-5-15-10-8-6-7-9-11-17-14(4)12(2)13(3)16-17/h15H,5-11H2,1-4H3. The lowest BCUT2D eigenvalue weighted by atomic mass is 10.2. The summed E-state index contributed by atoms with van der Waals surface area (Å²) in [5.41, 5.74) is 3.85. The van der Waals surface area contributed by atoms with Gasteiger partial charge < -0.3 is 5.32 Å². The van der Waals surface area contributed by atoms with Crippen LogP contribution in [0, 0.1) is 20.8 Å². The zero-order valence-electron chi connectivity index (χ0n) is 11.8. The van der Waals surface area contributed by atoms with E-state index in [4.69, 9.17) is 0 Å². The Morgan fingerprint density at radius 3 is 2.35 bits per heavy atom. The van der Waals surface area contributed by atoms with Crippen molar-refractivity contribution in [3.8, 4) is 0 Å². The van der Waals surface area contributed by atoms with Gasteiger partial charge in [0, 0.05) is 12.2 Å². The number of aryl methyl sites for hydroxylation is 2. The van der Waals surface area contributed by atoms with Crippen molar-refractivity contribution in [2.75, 3.05) is 13.1 Å². The molecule has 0 saturated carbocycles. The second-order valence-electron chi connectivity index (χ2n) is 4.79. The second kappa shape index (κ2) is 7.49. The van der Waals surface area contributed by atoms with Gasteiger partial charge in [0.15, 0.2) is 0 Å². The molecule has 0 atom stereocenters. The molecule has 0 fully saturated rings. The molecule has 1 N–H and O–H groups in total. The average molecular weight is 237 g/mol. The summed E-state index contributed by atoms with van der Waals surface area (Å²) in [6.07, 6.45) is 5.17. The van der Waals surface area contributed by atoms with Gasteiger partial charge in [-0.05, 0) is 52.3 Å².